The van der Waals surface area contributed by atoms with E-state index in [9.17, 15) is 0 Å². The number of fused-ring (bicyclic) bond motifs is 3. The topological polar surface area (TPSA) is 0 Å². The quantitative estimate of drug-likeness (QED) is 0.623. The van der Waals surface area contributed by atoms with Crippen LogP contribution < -0.4 is 0 Å². The van der Waals surface area contributed by atoms with E-state index in [0.29, 0.717) is 0 Å². The summed E-state index contributed by atoms with van der Waals surface area (Å²) in [6.45, 7) is 0. The first-order valence-electron chi connectivity index (χ1n) is 4.78. The van der Waals surface area contributed by atoms with E-state index in [0.717, 1.165) is 11.1 Å². The summed E-state index contributed by atoms with van der Waals surface area (Å²) in [4.78, 5) is 0. The van der Waals surface area contributed by atoms with Gasteiger partial charge in [-0.15, -0.1) is 0 Å². The van der Waals surface area contributed by atoms with Crippen LogP contribution in [0.15, 0.2) is 48.5 Å². The SMILES string of the molecule is ClC1(Br)c2ccccc2-c2ccccc21. The van der Waals surface area contributed by atoms with Gasteiger partial charge in [-0.3, -0.25) is 0 Å². The Morgan fingerprint density at radius 2 is 1.20 bits per heavy atom. The molecule has 0 saturated heterocycles. The van der Waals surface area contributed by atoms with Crippen molar-refractivity contribution >= 4 is 27.5 Å². The maximum Gasteiger partial charge on any atom is 0.150 e. The normalized spacial score (nSPS) is 15.9. The van der Waals surface area contributed by atoms with Crippen LogP contribution in [0.3, 0.4) is 0 Å². The molecule has 0 amide bonds. The summed E-state index contributed by atoms with van der Waals surface area (Å²) in [5, 5.41) is 0. The molecule has 0 heterocycles. The molecule has 0 spiro atoms. The highest BCUT2D eigenvalue weighted by molar-refractivity contribution is 9.10. The van der Waals surface area contributed by atoms with Crippen molar-refractivity contribution in [2.45, 2.75) is 3.78 Å². The van der Waals surface area contributed by atoms with Crippen LogP contribution in [0.5, 0.6) is 0 Å². The number of benzene rings is 2. The van der Waals surface area contributed by atoms with Gasteiger partial charge in [-0.1, -0.05) is 76.1 Å². The molecule has 15 heavy (non-hydrogen) atoms. The molecular weight excluding hydrogens is 272 g/mol. The summed E-state index contributed by atoms with van der Waals surface area (Å²) < 4.78 is -0.555. The average Bonchev–Trinajstić information content (AvgIpc) is 2.51. The van der Waals surface area contributed by atoms with Crippen molar-refractivity contribution in [3.63, 3.8) is 0 Å². The molecule has 0 fully saturated rings. The van der Waals surface area contributed by atoms with Crippen molar-refractivity contribution in [1.29, 1.82) is 0 Å². The van der Waals surface area contributed by atoms with Gasteiger partial charge in [0.15, 0.2) is 3.78 Å². The van der Waals surface area contributed by atoms with Crippen LogP contribution in [0.2, 0.25) is 0 Å². The fourth-order valence-corrected chi connectivity index (χ4v) is 3.15. The molecule has 0 aromatic heterocycles. The van der Waals surface area contributed by atoms with Gasteiger partial charge in [0.05, 0.1) is 0 Å². The van der Waals surface area contributed by atoms with Crippen molar-refractivity contribution in [2.24, 2.45) is 0 Å². The maximum absolute atomic E-state index is 6.55. The zero-order valence-corrected chi connectivity index (χ0v) is 10.2. The second-order valence-corrected chi connectivity index (χ2v) is 5.88. The van der Waals surface area contributed by atoms with Gasteiger partial charge in [0, 0.05) is 0 Å². The van der Waals surface area contributed by atoms with Crippen molar-refractivity contribution in [3.8, 4) is 11.1 Å². The first-order valence-corrected chi connectivity index (χ1v) is 5.95. The smallest absolute Gasteiger partial charge is 0.0960 e. The summed E-state index contributed by atoms with van der Waals surface area (Å²) in [5.74, 6) is 0. The van der Waals surface area contributed by atoms with Gasteiger partial charge in [-0.2, -0.15) is 0 Å². The summed E-state index contributed by atoms with van der Waals surface area (Å²) in [6, 6.07) is 16.5. The lowest BCUT2D eigenvalue weighted by Gasteiger charge is -2.15. The van der Waals surface area contributed by atoms with Crippen LogP contribution >= 0.6 is 27.5 Å². The van der Waals surface area contributed by atoms with Crippen molar-refractivity contribution in [1.82, 2.24) is 0 Å². The van der Waals surface area contributed by atoms with E-state index in [1.807, 2.05) is 24.3 Å². The fourth-order valence-electron chi connectivity index (χ4n) is 2.13. The molecule has 1 aliphatic rings. The molecule has 2 aromatic rings. The summed E-state index contributed by atoms with van der Waals surface area (Å²) in [6.07, 6.45) is 0. The van der Waals surface area contributed by atoms with E-state index in [-0.39, 0.29) is 0 Å². The Morgan fingerprint density at radius 1 is 0.800 bits per heavy atom. The second-order valence-electron chi connectivity index (χ2n) is 3.67. The Bertz CT molecular complexity index is 484. The minimum Gasteiger partial charge on any atom is -0.0960 e. The lowest BCUT2D eigenvalue weighted by Crippen LogP contribution is -2.06. The molecule has 0 bridgehead atoms. The molecule has 0 N–H and O–H groups in total. The van der Waals surface area contributed by atoms with E-state index in [1.54, 1.807) is 0 Å². The second kappa shape index (κ2) is 3.10. The summed E-state index contributed by atoms with van der Waals surface area (Å²) in [5.41, 5.74) is 4.71. The zero-order chi connectivity index (χ0) is 10.5. The number of alkyl halides is 2. The van der Waals surface area contributed by atoms with Crippen molar-refractivity contribution in [2.75, 3.05) is 0 Å². The first kappa shape index (κ1) is 9.44. The van der Waals surface area contributed by atoms with Gasteiger partial charge in [0.2, 0.25) is 0 Å². The van der Waals surface area contributed by atoms with Crippen LogP contribution in [0.4, 0.5) is 0 Å². The van der Waals surface area contributed by atoms with Gasteiger partial charge < -0.3 is 0 Å². The maximum atomic E-state index is 6.55. The number of hydrogen-bond acceptors (Lipinski definition) is 0. The molecule has 2 aromatic carbocycles. The molecule has 0 unspecified atom stereocenters. The first-order chi connectivity index (χ1) is 7.21. The largest absolute Gasteiger partial charge is 0.150 e. The lowest BCUT2D eigenvalue weighted by atomic mass is 10.1. The molecule has 0 aliphatic heterocycles. The summed E-state index contributed by atoms with van der Waals surface area (Å²) >= 11 is 10.2. The predicted octanol–water partition coefficient (Wildman–Crippen LogP) is 4.50. The van der Waals surface area contributed by atoms with E-state index in [1.165, 1.54) is 11.1 Å². The highest BCUT2D eigenvalue weighted by Crippen LogP contribution is 2.54. The standard InChI is InChI=1S/C13H8BrCl/c14-13(15)11-7-3-1-5-9(11)10-6-2-4-8-12(10)13/h1-8H. The Labute approximate surface area is 102 Å². The molecule has 0 nitrogen and oxygen atoms in total. The third kappa shape index (κ3) is 1.20. The van der Waals surface area contributed by atoms with Crippen LogP contribution in [0.25, 0.3) is 11.1 Å². The number of halogens is 2. The molecule has 74 valence electrons. The van der Waals surface area contributed by atoms with Crippen LogP contribution in [-0.4, -0.2) is 0 Å². The minimum absolute atomic E-state index is 0.555. The Kier molecular flexibility index (Phi) is 1.95. The zero-order valence-electron chi connectivity index (χ0n) is 7.87. The van der Waals surface area contributed by atoms with E-state index < -0.39 is 3.78 Å². The number of rotatable bonds is 0. The van der Waals surface area contributed by atoms with Gasteiger partial charge in [0.25, 0.3) is 0 Å². The van der Waals surface area contributed by atoms with Gasteiger partial charge in [-0.25, -0.2) is 0 Å². The average molecular weight is 280 g/mol. The van der Waals surface area contributed by atoms with Crippen LogP contribution in [-0.2, 0) is 3.78 Å². The summed E-state index contributed by atoms with van der Waals surface area (Å²) in [7, 11) is 0. The molecule has 2 heteroatoms. The third-order valence-corrected chi connectivity index (χ3v) is 4.08. The van der Waals surface area contributed by atoms with Crippen molar-refractivity contribution < 1.29 is 0 Å². The van der Waals surface area contributed by atoms with Gasteiger partial charge in [0.1, 0.15) is 0 Å². The van der Waals surface area contributed by atoms with Gasteiger partial charge >= 0.3 is 0 Å². The Morgan fingerprint density at radius 3 is 1.67 bits per heavy atom. The Hall–Kier alpha value is -0.790. The van der Waals surface area contributed by atoms with Crippen molar-refractivity contribution in [3.05, 3.63) is 59.7 Å². The van der Waals surface area contributed by atoms with E-state index >= 15 is 0 Å². The van der Waals surface area contributed by atoms with Crippen LogP contribution in [0.1, 0.15) is 11.1 Å². The minimum atomic E-state index is -0.555. The monoisotopic (exact) mass is 278 g/mol. The predicted molar refractivity (Wildman–Crippen MR) is 67.4 cm³/mol. The fraction of sp³-hybridized carbons (Fsp3) is 0.0769. The highest BCUT2D eigenvalue weighted by Gasteiger charge is 2.38. The Balaban J connectivity index is 2.42. The van der Waals surface area contributed by atoms with E-state index in [4.69, 9.17) is 11.6 Å². The molecule has 0 saturated carbocycles. The van der Waals surface area contributed by atoms with E-state index in [2.05, 4.69) is 40.2 Å². The molecule has 0 atom stereocenters. The van der Waals surface area contributed by atoms with Crippen LogP contribution in [0, 0.1) is 0 Å². The molecule has 1 aliphatic carbocycles. The molecular formula is C13H8BrCl. The molecule has 3 rings (SSSR count). The van der Waals surface area contributed by atoms with Gasteiger partial charge in [-0.05, 0) is 22.3 Å². The number of hydrogen-bond donors (Lipinski definition) is 0. The molecule has 0 radical (unpaired) electrons. The highest BCUT2D eigenvalue weighted by atomic mass is 79.9. The lowest BCUT2D eigenvalue weighted by molar-refractivity contribution is 1.13. The third-order valence-electron chi connectivity index (χ3n) is 2.82.